The molecule has 0 radical (unpaired) electrons. The second kappa shape index (κ2) is 13.8. The van der Waals surface area contributed by atoms with Crippen molar-refractivity contribution in [2.75, 3.05) is 39.3 Å². The number of carboxylic acid groups (broad SMARTS) is 1. The highest BCUT2D eigenvalue weighted by Crippen LogP contribution is 2.14. The number of piperazine rings is 1. The van der Waals surface area contributed by atoms with E-state index in [4.69, 9.17) is 9.90 Å². The van der Waals surface area contributed by atoms with Crippen molar-refractivity contribution in [3.05, 3.63) is 70.2 Å². The maximum atomic E-state index is 13.0. The zero-order valence-electron chi connectivity index (χ0n) is 18.9. The van der Waals surface area contributed by atoms with Crippen LogP contribution in [-0.2, 0) is 16.0 Å². The number of nitrogens with zero attached hydrogens (tertiary/aromatic N) is 2. The molecule has 0 bridgehead atoms. The average molecular weight is 558 g/mol. The number of hydrogen-bond acceptors (Lipinski definition) is 4. The Morgan fingerprint density at radius 3 is 2.09 bits per heavy atom. The van der Waals surface area contributed by atoms with Gasteiger partial charge < -0.3 is 20.2 Å². The first-order chi connectivity index (χ1) is 16.6. The van der Waals surface area contributed by atoms with Crippen molar-refractivity contribution in [3.63, 3.8) is 0 Å². The third-order valence-corrected chi connectivity index (χ3v) is 5.73. The van der Waals surface area contributed by atoms with E-state index in [1.165, 1.54) is 5.56 Å². The minimum absolute atomic E-state index is 0.0310. The number of carboxylic acids is 1. The summed E-state index contributed by atoms with van der Waals surface area (Å²) < 4.78 is 32.7. The first-order valence-electron chi connectivity index (χ1n) is 11.0. The van der Waals surface area contributed by atoms with Crippen molar-refractivity contribution < 1.29 is 32.7 Å². The minimum Gasteiger partial charge on any atom is -0.475 e. The Morgan fingerprint density at radius 1 is 0.971 bits per heavy atom. The van der Waals surface area contributed by atoms with Crippen molar-refractivity contribution in [2.45, 2.75) is 19.0 Å². The lowest BCUT2D eigenvalue weighted by molar-refractivity contribution is -0.192. The standard InChI is InChI=1S/C22H26BrN3O2.C2HF3O2/c23-20-8-6-19(7-9-20)22(28)26(14-10-18-4-2-1-3-5-18)15-11-21(27)25-16-12-24-13-17-25;3-2(4,5)1(6)7/h1-9,24H,10-17H2;(H,6,7). The molecular formula is C24H27BrF3N3O4. The molecule has 0 spiro atoms. The van der Waals surface area contributed by atoms with Gasteiger partial charge in [0.2, 0.25) is 5.91 Å². The SMILES string of the molecule is O=C(CCN(CCc1ccccc1)C(=O)c1ccc(Br)cc1)N1CCNCC1.O=C(O)C(F)(F)F. The molecule has 3 rings (SSSR count). The van der Waals surface area contributed by atoms with Gasteiger partial charge in [0.25, 0.3) is 5.91 Å². The Labute approximate surface area is 210 Å². The molecule has 11 heteroatoms. The van der Waals surface area contributed by atoms with Crippen molar-refractivity contribution in [2.24, 2.45) is 0 Å². The van der Waals surface area contributed by atoms with Gasteiger partial charge in [0.05, 0.1) is 0 Å². The number of amides is 2. The molecule has 0 unspecified atom stereocenters. The van der Waals surface area contributed by atoms with Crippen LogP contribution in [0.4, 0.5) is 13.2 Å². The van der Waals surface area contributed by atoms with Gasteiger partial charge in [-0.05, 0) is 36.2 Å². The average Bonchev–Trinajstić information content (AvgIpc) is 2.85. The molecule has 0 aromatic heterocycles. The number of alkyl halides is 3. The molecule has 2 amide bonds. The van der Waals surface area contributed by atoms with E-state index < -0.39 is 12.1 Å². The van der Waals surface area contributed by atoms with Gasteiger partial charge in [-0.3, -0.25) is 9.59 Å². The van der Waals surface area contributed by atoms with E-state index in [2.05, 4.69) is 33.4 Å². The van der Waals surface area contributed by atoms with Gasteiger partial charge in [0, 0.05) is 55.7 Å². The zero-order chi connectivity index (χ0) is 25.8. The lowest BCUT2D eigenvalue weighted by atomic mass is 10.1. The summed E-state index contributed by atoms with van der Waals surface area (Å²) in [5, 5.41) is 10.4. The molecule has 0 atom stereocenters. The van der Waals surface area contributed by atoms with Gasteiger partial charge in [-0.25, -0.2) is 4.79 Å². The predicted octanol–water partition coefficient (Wildman–Crippen LogP) is 3.59. The number of carbonyl (C=O) groups is 3. The Bertz CT molecular complexity index is 966. The Hall–Kier alpha value is -2.92. The number of halogens is 4. The number of rotatable bonds is 7. The second-order valence-corrected chi connectivity index (χ2v) is 8.63. The fourth-order valence-electron chi connectivity index (χ4n) is 3.30. The summed E-state index contributed by atoms with van der Waals surface area (Å²) in [7, 11) is 0. The third-order valence-electron chi connectivity index (χ3n) is 5.20. The van der Waals surface area contributed by atoms with Crippen molar-refractivity contribution in [3.8, 4) is 0 Å². The number of hydrogen-bond donors (Lipinski definition) is 2. The van der Waals surface area contributed by atoms with E-state index in [1.54, 1.807) is 4.90 Å². The molecule has 35 heavy (non-hydrogen) atoms. The van der Waals surface area contributed by atoms with Crippen molar-refractivity contribution >= 4 is 33.7 Å². The van der Waals surface area contributed by atoms with Gasteiger partial charge in [0.15, 0.2) is 0 Å². The molecule has 0 saturated carbocycles. The molecule has 190 valence electrons. The van der Waals surface area contributed by atoms with Crippen LogP contribution in [0.1, 0.15) is 22.3 Å². The summed E-state index contributed by atoms with van der Waals surface area (Å²) in [6.07, 6.45) is -3.96. The van der Waals surface area contributed by atoms with Gasteiger partial charge in [-0.15, -0.1) is 0 Å². The van der Waals surface area contributed by atoms with Gasteiger partial charge in [-0.2, -0.15) is 13.2 Å². The van der Waals surface area contributed by atoms with Gasteiger partial charge in [0.1, 0.15) is 0 Å². The predicted molar refractivity (Wildman–Crippen MR) is 128 cm³/mol. The second-order valence-electron chi connectivity index (χ2n) is 7.72. The lowest BCUT2D eigenvalue weighted by Gasteiger charge is -2.29. The third kappa shape index (κ3) is 10.1. The Morgan fingerprint density at radius 2 is 1.54 bits per heavy atom. The largest absolute Gasteiger partial charge is 0.490 e. The summed E-state index contributed by atoms with van der Waals surface area (Å²) >= 11 is 3.41. The summed E-state index contributed by atoms with van der Waals surface area (Å²) in [6.45, 7) is 4.17. The minimum atomic E-state index is -5.08. The fourth-order valence-corrected chi connectivity index (χ4v) is 3.57. The maximum absolute atomic E-state index is 13.0. The quantitative estimate of drug-likeness (QED) is 0.543. The summed E-state index contributed by atoms with van der Waals surface area (Å²) in [6, 6.07) is 17.5. The van der Waals surface area contributed by atoms with Crippen molar-refractivity contribution in [1.29, 1.82) is 0 Å². The highest BCUT2D eigenvalue weighted by molar-refractivity contribution is 9.10. The van der Waals surface area contributed by atoms with Crippen LogP contribution >= 0.6 is 15.9 Å². The molecule has 2 N–H and O–H groups in total. The van der Waals surface area contributed by atoms with Crippen LogP contribution in [0, 0.1) is 0 Å². The van der Waals surface area contributed by atoms with Gasteiger partial charge >= 0.3 is 12.1 Å². The van der Waals surface area contributed by atoms with Crippen LogP contribution in [0.5, 0.6) is 0 Å². The van der Waals surface area contributed by atoms with Crippen LogP contribution in [0.25, 0.3) is 0 Å². The van der Waals surface area contributed by atoms with Crippen LogP contribution in [0.2, 0.25) is 0 Å². The van der Waals surface area contributed by atoms with Crippen LogP contribution < -0.4 is 5.32 Å². The van der Waals surface area contributed by atoms with E-state index in [0.29, 0.717) is 25.1 Å². The topological polar surface area (TPSA) is 90.0 Å². The van der Waals surface area contributed by atoms with Crippen LogP contribution in [0.3, 0.4) is 0 Å². The first kappa shape index (κ1) is 28.3. The maximum Gasteiger partial charge on any atom is 0.490 e. The molecule has 1 aliphatic rings. The smallest absolute Gasteiger partial charge is 0.475 e. The zero-order valence-corrected chi connectivity index (χ0v) is 20.5. The monoisotopic (exact) mass is 557 g/mol. The molecule has 0 aliphatic carbocycles. The van der Waals surface area contributed by atoms with E-state index in [-0.39, 0.29) is 11.8 Å². The van der Waals surface area contributed by atoms with E-state index in [9.17, 15) is 22.8 Å². The molecule has 1 heterocycles. The number of benzene rings is 2. The number of aliphatic carboxylic acids is 1. The van der Waals surface area contributed by atoms with E-state index >= 15 is 0 Å². The summed E-state index contributed by atoms with van der Waals surface area (Å²) in [5.41, 5.74) is 1.83. The Balaban J connectivity index is 0.000000540. The molecular weight excluding hydrogens is 531 g/mol. The molecule has 7 nitrogen and oxygen atoms in total. The number of carbonyl (C=O) groups excluding carboxylic acids is 2. The summed E-state index contributed by atoms with van der Waals surface area (Å²) in [5.74, 6) is -2.67. The van der Waals surface area contributed by atoms with E-state index in [0.717, 1.165) is 37.1 Å². The first-order valence-corrected chi connectivity index (χ1v) is 11.7. The highest BCUT2D eigenvalue weighted by Gasteiger charge is 2.38. The lowest BCUT2D eigenvalue weighted by Crippen LogP contribution is -2.47. The molecule has 1 aliphatic heterocycles. The van der Waals surface area contributed by atoms with Gasteiger partial charge in [-0.1, -0.05) is 46.3 Å². The molecule has 2 aromatic carbocycles. The number of nitrogens with one attached hydrogen (secondary N) is 1. The van der Waals surface area contributed by atoms with Crippen molar-refractivity contribution in [1.82, 2.24) is 15.1 Å². The highest BCUT2D eigenvalue weighted by atomic mass is 79.9. The normalized spacial score (nSPS) is 13.4. The molecule has 2 aromatic rings. The van der Waals surface area contributed by atoms with Crippen LogP contribution in [0.15, 0.2) is 59.1 Å². The van der Waals surface area contributed by atoms with Crippen LogP contribution in [-0.4, -0.2) is 78.1 Å². The fraction of sp³-hybridized carbons (Fsp3) is 0.375. The molecule has 1 saturated heterocycles. The van der Waals surface area contributed by atoms with E-state index in [1.807, 2.05) is 47.4 Å². The molecule has 1 fully saturated rings. The Kier molecular flexibility index (Phi) is 11.2. The summed E-state index contributed by atoms with van der Waals surface area (Å²) in [4.78, 5) is 38.2.